The average molecular weight is 269 g/mol. The van der Waals surface area contributed by atoms with E-state index in [1.54, 1.807) is 6.20 Å². The van der Waals surface area contributed by atoms with Crippen molar-refractivity contribution < 1.29 is 0 Å². The minimum absolute atomic E-state index is 0.545. The molecule has 2 N–H and O–H groups in total. The molecule has 0 aliphatic heterocycles. The van der Waals surface area contributed by atoms with Gasteiger partial charge in [0.2, 0.25) is 0 Å². The molecule has 3 rings (SSSR count). The molecule has 1 aliphatic rings. The highest BCUT2D eigenvalue weighted by Crippen LogP contribution is 2.38. The van der Waals surface area contributed by atoms with Gasteiger partial charge in [0.25, 0.3) is 0 Å². The molecule has 1 aliphatic carbocycles. The number of rotatable bonds is 6. The van der Waals surface area contributed by atoms with Gasteiger partial charge in [0.15, 0.2) is 0 Å². The monoisotopic (exact) mass is 269 g/mol. The van der Waals surface area contributed by atoms with Crippen LogP contribution in [0.1, 0.15) is 37.2 Å². The van der Waals surface area contributed by atoms with E-state index in [1.807, 2.05) is 24.3 Å². The van der Waals surface area contributed by atoms with Crippen molar-refractivity contribution in [1.82, 2.24) is 15.0 Å². The van der Waals surface area contributed by atoms with Crippen molar-refractivity contribution in [2.45, 2.75) is 32.2 Å². The standard InChI is InChI=1S/C15H19N5/c1-2-16-13-9-14(20-15(19-13)11-6-7-11)18-10-12-5-3-4-8-17-12/h3-5,8-9,11H,2,6-7,10H2,1H3,(H2,16,18,19,20). The molecule has 0 aromatic carbocycles. The van der Waals surface area contributed by atoms with Crippen LogP contribution in [0.4, 0.5) is 11.6 Å². The first-order valence-electron chi connectivity index (χ1n) is 7.12. The molecule has 5 nitrogen and oxygen atoms in total. The second-order valence-corrected chi connectivity index (χ2v) is 4.98. The number of hydrogen-bond acceptors (Lipinski definition) is 5. The first-order valence-corrected chi connectivity index (χ1v) is 7.12. The molecular weight excluding hydrogens is 250 g/mol. The molecule has 20 heavy (non-hydrogen) atoms. The zero-order valence-corrected chi connectivity index (χ0v) is 11.6. The SMILES string of the molecule is CCNc1cc(NCc2ccccn2)nc(C2CC2)n1. The Morgan fingerprint density at radius 2 is 1.95 bits per heavy atom. The lowest BCUT2D eigenvalue weighted by molar-refractivity contribution is 0.914. The summed E-state index contributed by atoms with van der Waals surface area (Å²) < 4.78 is 0. The van der Waals surface area contributed by atoms with Crippen LogP contribution < -0.4 is 10.6 Å². The molecule has 2 aromatic heterocycles. The molecule has 1 saturated carbocycles. The Hall–Kier alpha value is -2.17. The quantitative estimate of drug-likeness (QED) is 0.844. The van der Waals surface area contributed by atoms with Gasteiger partial charge in [-0.2, -0.15) is 0 Å². The Morgan fingerprint density at radius 3 is 2.60 bits per heavy atom. The van der Waals surface area contributed by atoms with Crippen LogP contribution in [0.3, 0.4) is 0 Å². The molecule has 2 heterocycles. The second-order valence-electron chi connectivity index (χ2n) is 4.98. The number of hydrogen-bond donors (Lipinski definition) is 2. The van der Waals surface area contributed by atoms with E-state index in [9.17, 15) is 0 Å². The molecule has 0 atom stereocenters. The van der Waals surface area contributed by atoms with Crippen LogP contribution in [0.5, 0.6) is 0 Å². The van der Waals surface area contributed by atoms with Crippen molar-refractivity contribution in [1.29, 1.82) is 0 Å². The van der Waals surface area contributed by atoms with Crippen LogP contribution >= 0.6 is 0 Å². The summed E-state index contributed by atoms with van der Waals surface area (Å²) in [6, 6.07) is 7.87. The smallest absolute Gasteiger partial charge is 0.136 e. The fourth-order valence-corrected chi connectivity index (χ4v) is 2.04. The molecule has 5 heteroatoms. The van der Waals surface area contributed by atoms with Gasteiger partial charge >= 0.3 is 0 Å². The summed E-state index contributed by atoms with van der Waals surface area (Å²) in [5.41, 5.74) is 1.00. The molecule has 0 bridgehead atoms. The minimum Gasteiger partial charge on any atom is -0.370 e. The molecule has 0 amide bonds. The summed E-state index contributed by atoms with van der Waals surface area (Å²) in [6.45, 7) is 3.61. The van der Waals surface area contributed by atoms with Crippen LogP contribution in [0.2, 0.25) is 0 Å². The number of nitrogens with one attached hydrogen (secondary N) is 2. The van der Waals surface area contributed by atoms with E-state index in [2.05, 4.69) is 32.5 Å². The van der Waals surface area contributed by atoms with E-state index in [4.69, 9.17) is 0 Å². The number of aromatic nitrogens is 3. The molecule has 1 fully saturated rings. The Morgan fingerprint density at radius 1 is 1.15 bits per heavy atom. The zero-order chi connectivity index (χ0) is 13.8. The topological polar surface area (TPSA) is 62.7 Å². The molecule has 0 saturated heterocycles. The van der Waals surface area contributed by atoms with Crippen LogP contribution in [-0.4, -0.2) is 21.5 Å². The van der Waals surface area contributed by atoms with E-state index < -0.39 is 0 Å². The Kier molecular flexibility index (Phi) is 3.76. The largest absolute Gasteiger partial charge is 0.370 e. The Balaban J connectivity index is 1.74. The van der Waals surface area contributed by atoms with Crippen molar-refractivity contribution in [3.8, 4) is 0 Å². The van der Waals surface area contributed by atoms with Crippen LogP contribution in [0, 0.1) is 0 Å². The maximum atomic E-state index is 4.60. The normalized spacial score (nSPS) is 14.1. The molecular formula is C15H19N5. The predicted octanol–water partition coefficient (Wildman–Crippen LogP) is 2.79. The summed E-state index contributed by atoms with van der Waals surface area (Å²) in [5, 5.41) is 6.59. The third-order valence-corrected chi connectivity index (χ3v) is 3.22. The van der Waals surface area contributed by atoms with Crippen molar-refractivity contribution in [2.75, 3.05) is 17.2 Å². The number of pyridine rings is 1. The Bertz CT molecular complexity index is 566. The summed E-state index contributed by atoms with van der Waals surface area (Å²) in [7, 11) is 0. The lowest BCUT2D eigenvalue weighted by atomic mass is 10.3. The van der Waals surface area contributed by atoms with Gasteiger partial charge in [-0.3, -0.25) is 4.98 Å². The van der Waals surface area contributed by atoms with Gasteiger partial charge in [0.05, 0.1) is 12.2 Å². The molecule has 0 radical (unpaired) electrons. The second kappa shape index (κ2) is 5.86. The number of anilines is 2. The summed E-state index contributed by atoms with van der Waals surface area (Å²) in [6.07, 6.45) is 4.21. The molecule has 0 unspecified atom stereocenters. The highest BCUT2D eigenvalue weighted by molar-refractivity contribution is 5.48. The van der Waals surface area contributed by atoms with Crippen molar-refractivity contribution >= 4 is 11.6 Å². The van der Waals surface area contributed by atoms with Gasteiger partial charge in [0, 0.05) is 24.7 Å². The van der Waals surface area contributed by atoms with Crippen molar-refractivity contribution in [3.63, 3.8) is 0 Å². The predicted molar refractivity (Wildman–Crippen MR) is 79.7 cm³/mol. The lowest BCUT2D eigenvalue weighted by Gasteiger charge is -2.10. The minimum atomic E-state index is 0.545. The van der Waals surface area contributed by atoms with Crippen molar-refractivity contribution in [2.24, 2.45) is 0 Å². The van der Waals surface area contributed by atoms with Gasteiger partial charge in [-0.05, 0) is 31.9 Å². The lowest BCUT2D eigenvalue weighted by Crippen LogP contribution is -2.08. The maximum Gasteiger partial charge on any atom is 0.136 e. The van der Waals surface area contributed by atoms with Gasteiger partial charge in [-0.1, -0.05) is 6.07 Å². The van der Waals surface area contributed by atoms with Gasteiger partial charge in [0.1, 0.15) is 17.5 Å². The third-order valence-electron chi connectivity index (χ3n) is 3.22. The third kappa shape index (κ3) is 3.23. The van der Waals surface area contributed by atoms with Crippen LogP contribution in [-0.2, 0) is 6.54 Å². The maximum absolute atomic E-state index is 4.60. The van der Waals surface area contributed by atoms with Crippen LogP contribution in [0.15, 0.2) is 30.5 Å². The van der Waals surface area contributed by atoms with E-state index in [1.165, 1.54) is 12.8 Å². The van der Waals surface area contributed by atoms with E-state index in [0.717, 1.165) is 29.7 Å². The Labute approximate surface area is 118 Å². The van der Waals surface area contributed by atoms with E-state index in [0.29, 0.717) is 12.5 Å². The highest BCUT2D eigenvalue weighted by atomic mass is 15.1. The zero-order valence-electron chi connectivity index (χ0n) is 11.6. The van der Waals surface area contributed by atoms with Gasteiger partial charge in [-0.25, -0.2) is 9.97 Å². The summed E-state index contributed by atoms with van der Waals surface area (Å²) >= 11 is 0. The average Bonchev–Trinajstić information content (AvgIpc) is 3.31. The molecule has 104 valence electrons. The fraction of sp³-hybridized carbons (Fsp3) is 0.400. The number of nitrogens with zero attached hydrogens (tertiary/aromatic N) is 3. The van der Waals surface area contributed by atoms with E-state index >= 15 is 0 Å². The van der Waals surface area contributed by atoms with Crippen molar-refractivity contribution in [3.05, 3.63) is 42.0 Å². The molecule has 2 aromatic rings. The molecule has 0 spiro atoms. The first kappa shape index (κ1) is 12.8. The van der Waals surface area contributed by atoms with Crippen LogP contribution in [0.25, 0.3) is 0 Å². The summed E-state index contributed by atoms with van der Waals surface area (Å²) in [4.78, 5) is 13.5. The summed E-state index contributed by atoms with van der Waals surface area (Å²) in [5.74, 6) is 3.26. The van der Waals surface area contributed by atoms with Gasteiger partial charge in [-0.15, -0.1) is 0 Å². The fourth-order valence-electron chi connectivity index (χ4n) is 2.04. The van der Waals surface area contributed by atoms with Gasteiger partial charge < -0.3 is 10.6 Å². The van der Waals surface area contributed by atoms with E-state index in [-0.39, 0.29) is 0 Å². The highest BCUT2D eigenvalue weighted by Gasteiger charge is 2.27. The first-order chi connectivity index (χ1) is 9.85.